The molecule has 1 N–H and O–H groups in total. The maximum atomic E-state index is 12.5. The van der Waals surface area contributed by atoms with Crippen LogP contribution in [0.15, 0.2) is 79.1 Å². The number of likely N-dealkylation sites (tertiary alicyclic amines) is 2. The molecule has 0 unspecified atom stereocenters. The van der Waals surface area contributed by atoms with E-state index in [1.54, 1.807) is 0 Å². The molecule has 0 bridgehead atoms. The predicted molar refractivity (Wildman–Crippen MR) is 242 cm³/mol. The fraction of sp³-hybridized carbons (Fsp3) is 0.480. The van der Waals surface area contributed by atoms with E-state index in [2.05, 4.69) is 68.0 Å². The molecule has 2 spiro atoms. The molecule has 12 rings (SSSR count). The average Bonchev–Trinajstić information content (AvgIpc) is 4.12. The Balaban J connectivity index is 0.000000142. The van der Waals surface area contributed by atoms with Crippen molar-refractivity contribution in [2.45, 2.75) is 120 Å². The van der Waals surface area contributed by atoms with E-state index in [1.165, 1.54) is 43.5 Å². The van der Waals surface area contributed by atoms with Gasteiger partial charge >= 0.3 is 12.1 Å². The first-order valence-electron chi connectivity index (χ1n) is 23.3. The Hall–Kier alpha value is -5.98. The van der Waals surface area contributed by atoms with E-state index in [0.29, 0.717) is 18.7 Å². The molecule has 6 aromatic rings. The number of ether oxygens (including phenoxy) is 2. The summed E-state index contributed by atoms with van der Waals surface area (Å²) < 4.78 is 16.3. The monoisotopic (exact) mass is 847 g/mol. The average molecular weight is 848 g/mol. The fourth-order valence-corrected chi connectivity index (χ4v) is 11.3. The van der Waals surface area contributed by atoms with Crippen molar-refractivity contribution in [1.82, 2.24) is 44.6 Å². The molecule has 326 valence electrons. The van der Waals surface area contributed by atoms with Gasteiger partial charge in [0.05, 0.1) is 34.6 Å². The summed E-state index contributed by atoms with van der Waals surface area (Å²) in [5, 5.41) is 14.9. The Morgan fingerprint density at radius 3 is 2.17 bits per heavy atom. The van der Waals surface area contributed by atoms with Gasteiger partial charge in [0, 0.05) is 95.8 Å². The number of aromatic nitrogens is 6. The lowest BCUT2D eigenvalue weighted by molar-refractivity contribution is 0.0154. The van der Waals surface area contributed by atoms with E-state index in [0.717, 1.165) is 121 Å². The van der Waals surface area contributed by atoms with Crippen LogP contribution in [-0.4, -0.2) is 96.4 Å². The third-order valence-corrected chi connectivity index (χ3v) is 14.6. The highest BCUT2D eigenvalue weighted by atomic mass is 16.6. The Labute approximate surface area is 368 Å². The zero-order chi connectivity index (χ0) is 42.7. The molecule has 2 aliphatic carbocycles. The van der Waals surface area contributed by atoms with E-state index in [4.69, 9.17) is 19.7 Å². The lowest BCUT2D eigenvalue weighted by Crippen LogP contribution is -2.62. The van der Waals surface area contributed by atoms with E-state index in [9.17, 15) is 9.59 Å². The fourth-order valence-electron chi connectivity index (χ4n) is 11.3. The summed E-state index contributed by atoms with van der Waals surface area (Å²) >= 11 is 0. The largest absolute Gasteiger partial charge is 0.490 e. The molecule has 8 heterocycles. The second-order valence-corrected chi connectivity index (χ2v) is 19.1. The van der Waals surface area contributed by atoms with Crippen molar-refractivity contribution in [2.24, 2.45) is 0 Å². The summed E-state index contributed by atoms with van der Waals surface area (Å²) in [5.74, 6) is 0.930. The Bertz CT molecular complexity index is 2680. The molecule has 0 radical (unpaired) electrons. The molecule has 4 aliphatic heterocycles. The number of fused-ring (bicyclic) bond motifs is 6. The van der Waals surface area contributed by atoms with Gasteiger partial charge in [-0.25, -0.2) is 9.59 Å². The normalized spacial score (nSPS) is 20.9. The molecule has 2 saturated heterocycles. The van der Waals surface area contributed by atoms with Crippen molar-refractivity contribution in [3.05, 3.63) is 90.5 Å². The first kappa shape index (κ1) is 39.8. The van der Waals surface area contributed by atoms with Gasteiger partial charge < -0.3 is 24.6 Å². The smallest absolute Gasteiger partial charge is 0.410 e. The van der Waals surface area contributed by atoms with Gasteiger partial charge in [-0.15, -0.1) is 0 Å². The summed E-state index contributed by atoms with van der Waals surface area (Å²) in [5.41, 5.74) is 8.46. The Morgan fingerprint density at radius 2 is 1.40 bits per heavy atom. The zero-order valence-corrected chi connectivity index (χ0v) is 36.5. The number of para-hydroxylation sites is 1. The first-order chi connectivity index (χ1) is 30.7. The van der Waals surface area contributed by atoms with Gasteiger partial charge in [-0.2, -0.15) is 10.2 Å². The minimum Gasteiger partial charge on any atom is -0.490 e. The second-order valence-electron chi connectivity index (χ2n) is 19.1. The number of nitrogens with one attached hydrogen (secondary N) is 1. The Kier molecular flexibility index (Phi) is 10.1. The highest BCUT2D eigenvalue weighted by Gasteiger charge is 2.54. The van der Waals surface area contributed by atoms with Crippen LogP contribution in [0.2, 0.25) is 0 Å². The number of aryl methyl sites for hydroxylation is 1. The van der Waals surface area contributed by atoms with Crippen LogP contribution in [0.5, 0.6) is 5.75 Å². The number of carbonyl (C=O) groups is 2. The van der Waals surface area contributed by atoms with E-state index < -0.39 is 0 Å². The number of rotatable bonds is 6. The van der Waals surface area contributed by atoms with Gasteiger partial charge in [0.2, 0.25) is 0 Å². The number of hydrogen-bond donors (Lipinski definition) is 1. The molecular weight excluding hydrogens is 791 g/mol. The highest BCUT2D eigenvalue weighted by Crippen LogP contribution is 2.49. The van der Waals surface area contributed by atoms with Crippen molar-refractivity contribution in [3.8, 4) is 28.3 Å². The third kappa shape index (κ3) is 7.36. The molecule has 4 aromatic heterocycles. The number of hydrogen-bond acceptors (Lipinski definition) is 8. The quantitative estimate of drug-likeness (QED) is 0.176. The first-order valence-corrected chi connectivity index (χ1v) is 23.3. The zero-order valence-electron chi connectivity index (χ0n) is 36.5. The van der Waals surface area contributed by atoms with Crippen molar-refractivity contribution in [2.75, 3.05) is 32.7 Å². The molecule has 4 fully saturated rings. The van der Waals surface area contributed by atoms with Gasteiger partial charge in [0.15, 0.2) is 0 Å². The number of urea groups is 1. The molecule has 6 aliphatic rings. The van der Waals surface area contributed by atoms with Crippen LogP contribution in [0, 0.1) is 0 Å². The highest BCUT2D eigenvalue weighted by molar-refractivity contribution is 5.85. The summed E-state index contributed by atoms with van der Waals surface area (Å²) in [6.07, 6.45) is 16.7. The van der Waals surface area contributed by atoms with Crippen LogP contribution in [0.4, 0.5) is 9.59 Å². The van der Waals surface area contributed by atoms with Crippen LogP contribution >= 0.6 is 0 Å². The maximum absolute atomic E-state index is 12.5. The molecule has 1 atom stereocenters. The van der Waals surface area contributed by atoms with Gasteiger partial charge in [0.1, 0.15) is 11.9 Å². The standard InChI is InChI=1S/C26H31N5O2.C24H26N4O2/c1-2-27-25(32)30-16-26(17-30)10-11-31-24(26)14-23(29-31)19-12-18-13-21(8-9-22(18)28-15-19)33-20-6-4-3-5-7-20;1-16-12-24(14-27(15-24)23(29)30-19-7-3-4-8-19)22-11-21(26-28(16)22)18-10-17-6-2-5-9-20(17)25-13-18/h8-9,12-15,20H,2-7,10-11,16-17H2,1H3,(H,27,32);2,5-6,9-11,13,16,19H,3-4,7-8,12,14-15H2,1H3/t;16-/m.1/s1. The van der Waals surface area contributed by atoms with Crippen LogP contribution < -0.4 is 10.1 Å². The van der Waals surface area contributed by atoms with Crippen molar-refractivity contribution in [3.63, 3.8) is 0 Å². The number of nitrogens with zero attached hydrogens (tertiary/aromatic N) is 8. The summed E-state index contributed by atoms with van der Waals surface area (Å²) in [6.45, 7) is 8.71. The van der Waals surface area contributed by atoms with Gasteiger partial charge in [-0.1, -0.05) is 24.6 Å². The molecular formula is C50H57N9O4. The minimum atomic E-state index is -0.142. The number of carbonyl (C=O) groups excluding carboxylic acids is 2. The molecule has 13 nitrogen and oxygen atoms in total. The van der Waals surface area contributed by atoms with Gasteiger partial charge in [-0.05, 0) is 127 Å². The summed E-state index contributed by atoms with van der Waals surface area (Å²) in [7, 11) is 0. The van der Waals surface area contributed by atoms with E-state index in [1.807, 2.05) is 59.4 Å². The second kappa shape index (κ2) is 16.0. The molecule has 2 saturated carbocycles. The van der Waals surface area contributed by atoms with E-state index >= 15 is 0 Å². The van der Waals surface area contributed by atoms with Crippen molar-refractivity contribution >= 4 is 33.9 Å². The number of amides is 3. The minimum absolute atomic E-state index is 0.00361. The predicted octanol–water partition coefficient (Wildman–Crippen LogP) is 9.19. The lowest BCUT2D eigenvalue weighted by Gasteiger charge is -2.47. The van der Waals surface area contributed by atoms with Gasteiger partial charge in [-0.3, -0.25) is 19.3 Å². The molecule has 13 heteroatoms. The topological polar surface area (TPSA) is 133 Å². The van der Waals surface area contributed by atoms with Crippen LogP contribution in [0.3, 0.4) is 0 Å². The van der Waals surface area contributed by atoms with Crippen molar-refractivity contribution < 1.29 is 19.1 Å². The van der Waals surface area contributed by atoms with Crippen molar-refractivity contribution in [1.29, 1.82) is 0 Å². The van der Waals surface area contributed by atoms with E-state index in [-0.39, 0.29) is 29.1 Å². The molecule has 63 heavy (non-hydrogen) atoms. The third-order valence-electron chi connectivity index (χ3n) is 14.6. The number of benzene rings is 2. The number of pyridine rings is 2. The lowest BCUT2D eigenvalue weighted by atomic mass is 9.75. The SMILES string of the molecule is CCNC(=O)N1CC2(CCn3nc(-c4cnc5ccc(OC6CCCCC6)cc5c4)cc32)C1.C[C@@H]1CC2(CN(C(=O)OC3CCCC3)C2)c2cc(-c3cnc4ccccc4c3)nn21. The maximum Gasteiger partial charge on any atom is 0.410 e. The summed E-state index contributed by atoms with van der Waals surface area (Å²) in [4.78, 5) is 37.7. The summed E-state index contributed by atoms with van der Waals surface area (Å²) in [6, 6.07) is 23.4. The van der Waals surface area contributed by atoms with Gasteiger partial charge in [0.25, 0.3) is 0 Å². The van der Waals surface area contributed by atoms with Crippen LogP contribution in [0.25, 0.3) is 44.3 Å². The Morgan fingerprint density at radius 1 is 0.730 bits per heavy atom. The molecule has 2 aromatic carbocycles. The molecule has 3 amide bonds. The van der Waals surface area contributed by atoms with Crippen LogP contribution in [0.1, 0.15) is 102 Å². The van der Waals surface area contributed by atoms with Crippen LogP contribution in [-0.2, 0) is 22.1 Å².